The van der Waals surface area contributed by atoms with Gasteiger partial charge in [0.15, 0.2) is 0 Å². The first kappa shape index (κ1) is 10.9. The molecule has 0 radical (unpaired) electrons. The van der Waals surface area contributed by atoms with Gasteiger partial charge in [-0.2, -0.15) is 0 Å². The number of aliphatic hydroxyl groups is 1. The summed E-state index contributed by atoms with van der Waals surface area (Å²) in [5, 5.41) is 9.02. The van der Waals surface area contributed by atoms with E-state index in [0.717, 1.165) is 11.4 Å². The summed E-state index contributed by atoms with van der Waals surface area (Å²) in [5.74, 6) is 0.778. The van der Waals surface area contributed by atoms with Crippen LogP contribution >= 0.6 is 0 Å². The molecule has 0 atom stereocenters. The average molecular weight is 195 g/mol. The van der Waals surface area contributed by atoms with Gasteiger partial charge < -0.3 is 15.6 Å². The zero-order valence-electron chi connectivity index (χ0n) is 8.66. The van der Waals surface area contributed by atoms with Gasteiger partial charge in [0.2, 0.25) is 0 Å². The van der Waals surface area contributed by atoms with Crippen molar-refractivity contribution >= 4 is 5.69 Å². The third-order valence-electron chi connectivity index (χ3n) is 1.94. The molecule has 0 amide bonds. The third kappa shape index (κ3) is 3.26. The Morgan fingerprint density at radius 1 is 1.29 bits per heavy atom. The Morgan fingerprint density at radius 3 is 2.36 bits per heavy atom. The maximum Gasteiger partial charge on any atom is 0.119 e. The molecule has 0 aromatic heterocycles. The van der Waals surface area contributed by atoms with Crippen LogP contribution < -0.4 is 10.5 Å². The summed E-state index contributed by atoms with van der Waals surface area (Å²) < 4.78 is 5.50. The first-order valence-electron chi connectivity index (χ1n) is 4.63. The standard InChI is InChI=1S/C11H17NO2/c1-11(2,7-13)8-14-10-5-3-9(12)4-6-10/h3-6,13H,7-8,12H2,1-2H3. The van der Waals surface area contributed by atoms with Crippen molar-refractivity contribution in [1.82, 2.24) is 0 Å². The predicted octanol–water partition coefficient (Wildman–Crippen LogP) is 1.67. The van der Waals surface area contributed by atoms with E-state index >= 15 is 0 Å². The summed E-state index contributed by atoms with van der Waals surface area (Å²) in [5.41, 5.74) is 6.05. The summed E-state index contributed by atoms with van der Waals surface area (Å²) in [4.78, 5) is 0. The summed E-state index contributed by atoms with van der Waals surface area (Å²) in [6.07, 6.45) is 0. The molecule has 1 aromatic carbocycles. The highest BCUT2D eigenvalue weighted by molar-refractivity contribution is 5.41. The molecule has 14 heavy (non-hydrogen) atoms. The normalized spacial score (nSPS) is 11.4. The van der Waals surface area contributed by atoms with E-state index in [9.17, 15) is 0 Å². The number of nitrogens with two attached hydrogens (primary N) is 1. The topological polar surface area (TPSA) is 55.5 Å². The number of hydrogen-bond acceptors (Lipinski definition) is 3. The van der Waals surface area contributed by atoms with E-state index < -0.39 is 0 Å². The van der Waals surface area contributed by atoms with Crippen molar-refractivity contribution in [1.29, 1.82) is 0 Å². The average Bonchev–Trinajstić information content (AvgIpc) is 2.17. The summed E-state index contributed by atoms with van der Waals surface area (Å²) in [7, 11) is 0. The monoisotopic (exact) mass is 195 g/mol. The van der Waals surface area contributed by atoms with Crippen molar-refractivity contribution in [2.45, 2.75) is 13.8 Å². The number of aliphatic hydroxyl groups excluding tert-OH is 1. The lowest BCUT2D eigenvalue weighted by atomic mass is 9.97. The van der Waals surface area contributed by atoms with Crippen molar-refractivity contribution in [2.75, 3.05) is 18.9 Å². The number of hydrogen-bond donors (Lipinski definition) is 2. The van der Waals surface area contributed by atoms with Gasteiger partial charge in [0.1, 0.15) is 5.75 Å². The second-order valence-electron chi connectivity index (χ2n) is 4.18. The maximum atomic E-state index is 9.02. The van der Waals surface area contributed by atoms with Crippen LogP contribution in [0.25, 0.3) is 0 Å². The van der Waals surface area contributed by atoms with Crippen molar-refractivity contribution in [3.63, 3.8) is 0 Å². The van der Waals surface area contributed by atoms with Crippen molar-refractivity contribution in [2.24, 2.45) is 5.41 Å². The molecule has 1 aromatic rings. The zero-order chi connectivity index (χ0) is 10.6. The molecule has 0 aliphatic heterocycles. The Morgan fingerprint density at radius 2 is 1.86 bits per heavy atom. The van der Waals surface area contributed by atoms with Gasteiger partial charge in [-0.3, -0.25) is 0 Å². The Labute approximate surface area is 84.5 Å². The Hall–Kier alpha value is -1.22. The zero-order valence-corrected chi connectivity index (χ0v) is 8.66. The number of nitrogen functional groups attached to an aromatic ring is 1. The van der Waals surface area contributed by atoms with Gasteiger partial charge >= 0.3 is 0 Å². The molecule has 78 valence electrons. The predicted molar refractivity (Wildman–Crippen MR) is 57.2 cm³/mol. The van der Waals surface area contributed by atoms with Crippen molar-refractivity contribution in [3.8, 4) is 5.75 Å². The maximum absolute atomic E-state index is 9.02. The number of anilines is 1. The first-order chi connectivity index (χ1) is 6.53. The Bertz CT molecular complexity index is 280. The highest BCUT2D eigenvalue weighted by Gasteiger charge is 2.17. The van der Waals surface area contributed by atoms with Crippen LogP contribution in [0.3, 0.4) is 0 Å². The Balaban J connectivity index is 2.50. The van der Waals surface area contributed by atoms with Crippen LogP contribution in [0.5, 0.6) is 5.75 Å². The van der Waals surface area contributed by atoms with Crippen LogP contribution in [0.1, 0.15) is 13.8 Å². The van der Waals surface area contributed by atoms with Crippen LogP contribution in [0.2, 0.25) is 0 Å². The lowest BCUT2D eigenvalue weighted by Gasteiger charge is -2.21. The van der Waals surface area contributed by atoms with Gasteiger partial charge in [-0.15, -0.1) is 0 Å². The molecular formula is C11H17NO2. The van der Waals surface area contributed by atoms with Gasteiger partial charge in [0.05, 0.1) is 13.2 Å². The van der Waals surface area contributed by atoms with E-state index in [2.05, 4.69) is 0 Å². The fourth-order valence-electron chi connectivity index (χ4n) is 0.888. The molecule has 3 heteroatoms. The minimum atomic E-state index is -0.207. The van der Waals surface area contributed by atoms with E-state index in [-0.39, 0.29) is 12.0 Å². The first-order valence-corrected chi connectivity index (χ1v) is 4.63. The molecule has 0 saturated carbocycles. The molecule has 0 spiro atoms. The highest BCUT2D eigenvalue weighted by atomic mass is 16.5. The van der Waals surface area contributed by atoms with Gasteiger partial charge in [-0.1, -0.05) is 13.8 Å². The molecule has 0 fully saturated rings. The van der Waals surface area contributed by atoms with Crippen LogP contribution in [0.15, 0.2) is 24.3 Å². The van der Waals surface area contributed by atoms with Gasteiger partial charge in [0.25, 0.3) is 0 Å². The SMILES string of the molecule is CC(C)(CO)COc1ccc(N)cc1. The molecule has 0 aliphatic carbocycles. The number of rotatable bonds is 4. The lowest BCUT2D eigenvalue weighted by molar-refractivity contribution is 0.0976. The van der Waals surface area contributed by atoms with Gasteiger partial charge in [0, 0.05) is 11.1 Å². The Kier molecular flexibility index (Phi) is 3.36. The number of ether oxygens (including phenoxy) is 1. The van der Waals surface area contributed by atoms with Crippen molar-refractivity contribution < 1.29 is 9.84 Å². The molecule has 1 rings (SSSR count). The highest BCUT2D eigenvalue weighted by Crippen LogP contribution is 2.18. The van der Waals surface area contributed by atoms with Gasteiger partial charge in [-0.05, 0) is 24.3 Å². The van der Waals surface area contributed by atoms with E-state index in [1.807, 2.05) is 26.0 Å². The molecule has 0 aliphatic rings. The molecule has 0 unspecified atom stereocenters. The van der Waals surface area contributed by atoms with E-state index in [1.165, 1.54) is 0 Å². The molecule has 0 heterocycles. The molecule has 0 bridgehead atoms. The number of benzene rings is 1. The summed E-state index contributed by atoms with van der Waals surface area (Å²) in [6, 6.07) is 7.23. The van der Waals surface area contributed by atoms with E-state index in [4.69, 9.17) is 15.6 Å². The largest absolute Gasteiger partial charge is 0.493 e. The smallest absolute Gasteiger partial charge is 0.119 e. The van der Waals surface area contributed by atoms with Crippen LogP contribution in [0, 0.1) is 5.41 Å². The third-order valence-corrected chi connectivity index (χ3v) is 1.94. The van der Waals surface area contributed by atoms with Gasteiger partial charge in [-0.25, -0.2) is 0 Å². The summed E-state index contributed by atoms with van der Waals surface area (Å²) >= 11 is 0. The van der Waals surface area contributed by atoms with E-state index in [1.54, 1.807) is 12.1 Å². The fourth-order valence-corrected chi connectivity index (χ4v) is 0.888. The van der Waals surface area contributed by atoms with Crippen LogP contribution in [-0.2, 0) is 0 Å². The minimum Gasteiger partial charge on any atom is -0.493 e. The molecule has 3 nitrogen and oxygen atoms in total. The lowest BCUT2D eigenvalue weighted by Crippen LogP contribution is -2.25. The molecule has 0 saturated heterocycles. The van der Waals surface area contributed by atoms with Crippen LogP contribution in [0.4, 0.5) is 5.69 Å². The second kappa shape index (κ2) is 4.33. The van der Waals surface area contributed by atoms with E-state index in [0.29, 0.717) is 6.61 Å². The fraction of sp³-hybridized carbons (Fsp3) is 0.455. The van der Waals surface area contributed by atoms with Crippen LogP contribution in [-0.4, -0.2) is 18.3 Å². The molecule has 3 N–H and O–H groups in total. The molecular weight excluding hydrogens is 178 g/mol. The van der Waals surface area contributed by atoms with Crippen molar-refractivity contribution in [3.05, 3.63) is 24.3 Å². The summed E-state index contributed by atoms with van der Waals surface area (Å²) in [6.45, 7) is 4.50. The quantitative estimate of drug-likeness (QED) is 0.718. The second-order valence-corrected chi connectivity index (χ2v) is 4.18. The minimum absolute atomic E-state index is 0.113.